The van der Waals surface area contributed by atoms with E-state index < -0.39 is 7.60 Å². The van der Waals surface area contributed by atoms with Gasteiger partial charge in [0.2, 0.25) is 0 Å². The van der Waals surface area contributed by atoms with Gasteiger partial charge in [-0.1, -0.05) is 12.1 Å². The minimum absolute atomic E-state index is 0.0543. The fourth-order valence-electron chi connectivity index (χ4n) is 4.65. The number of nitrogens with zero attached hydrogens (tertiary/aromatic N) is 4. The molecule has 5 rings (SSSR count). The second kappa shape index (κ2) is 8.48. The van der Waals surface area contributed by atoms with Gasteiger partial charge in [0.05, 0.1) is 18.2 Å². The topological polar surface area (TPSA) is 127 Å². The van der Waals surface area contributed by atoms with Crippen molar-refractivity contribution in [2.75, 3.05) is 38.1 Å². The number of nitrogens with two attached hydrogens (primary N) is 1. The van der Waals surface area contributed by atoms with Crippen molar-refractivity contribution in [2.45, 2.75) is 25.3 Å². The van der Waals surface area contributed by atoms with E-state index in [0.29, 0.717) is 17.6 Å². The number of rotatable bonds is 8. The van der Waals surface area contributed by atoms with Gasteiger partial charge in [0.15, 0.2) is 0 Å². The summed E-state index contributed by atoms with van der Waals surface area (Å²) in [6.45, 7) is 3.59. The lowest BCUT2D eigenvalue weighted by Crippen LogP contribution is -2.43. The maximum absolute atomic E-state index is 11.1. The lowest BCUT2D eigenvalue weighted by molar-refractivity contribution is 0.0921. The highest BCUT2D eigenvalue weighted by Gasteiger charge is 2.34. The summed E-state index contributed by atoms with van der Waals surface area (Å²) < 4.78 is 18.9. The molecule has 170 valence electrons. The van der Waals surface area contributed by atoms with Crippen LogP contribution in [0.25, 0.3) is 22.2 Å². The number of benzene rings is 1. The van der Waals surface area contributed by atoms with Crippen LogP contribution in [0.1, 0.15) is 25.3 Å². The van der Waals surface area contributed by atoms with Crippen LogP contribution in [0.5, 0.6) is 5.75 Å². The zero-order valence-corrected chi connectivity index (χ0v) is 18.7. The number of fused-ring (bicyclic) bond motifs is 1. The molecule has 0 spiro atoms. The lowest BCUT2D eigenvalue weighted by atomic mass is 9.79. The standard InChI is InChI=1S/C22H28N5O4P/c23-21-20-19(16-3-1-4-18(11-16)31-7-8-32(28,29)30)13-27(22(20)25-14-24-21)17-9-15(10-17)12-26-5-2-6-26/h1,3-4,11,13-15,17H,2,5-10,12H2,(H2,23,24,25)(H2,28,29,30). The Morgan fingerprint density at radius 1 is 1.22 bits per heavy atom. The van der Waals surface area contributed by atoms with E-state index in [9.17, 15) is 4.57 Å². The van der Waals surface area contributed by atoms with Gasteiger partial charge in [-0.05, 0) is 56.0 Å². The fraction of sp³-hybridized carbons (Fsp3) is 0.455. The molecule has 9 nitrogen and oxygen atoms in total. The molecule has 1 saturated heterocycles. The number of aromatic nitrogens is 3. The van der Waals surface area contributed by atoms with Crippen molar-refractivity contribution in [3.8, 4) is 16.9 Å². The minimum atomic E-state index is -4.09. The summed E-state index contributed by atoms with van der Waals surface area (Å²) in [7, 11) is -4.09. The maximum atomic E-state index is 11.1. The second-order valence-electron chi connectivity index (χ2n) is 8.82. The predicted molar refractivity (Wildman–Crippen MR) is 123 cm³/mol. The summed E-state index contributed by atoms with van der Waals surface area (Å²) in [5.74, 6) is 1.71. The number of hydrogen-bond donors (Lipinski definition) is 3. The van der Waals surface area contributed by atoms with Gasteiger partial charge < -0.3 is 29.7 Å². The summed E-state index contributed by atoms with van der Waals surface area (Å²) in [5.41, 5.74) is 8.94. The summed E-state index contributed by atoms with van der Waals surface area (Å²) >= 11 is 0. The molecule has 1 aliphatic heterocycles. The van der Waals surface area contributed by atoms with Gasteiger partial charge in [-0.2, -0.15) is 0 Å². The molecule has 0 amide bonds. The molecule has 1 aliphatic carbocycles. The van der Waals surface area contributed by atoms with Crippen molar-refractivity contribution >= 4 is 24.4 Å². The van der Waals surface area contributed by atoms with E-state index in [1.807, 2.05) is 18.2 Å². The van der Waals surface area contributed by atoms with Crippen LogP contribution in [0.4, 0.5) is 5.82 Å². The molecule has 1 aromatic carbocycles. The highest BCUT2D eigenvalue weighted by molar-refractivity contribution is 7.51. The summed E-state index contributed by atoms with van der Waals surface area (Å²) in [5, 5.41) is 0.825. The van der Waals surface area contributed by atoms with Gasteiger partial charge in [0, 0.05) is 24.3 Å². The van der Waals surface area contributed by atoms with Crippen LogP contribution in [0.3, 0.4) is 0 Å². The van der Waals surface area contributed by atoms with E-state index in [-0.39, 0.29) is 12.8 Å². The van der Waals surface area contributed by atoms with Crippen LogP contribution >= 0.6 is 7.60 Å². The van der Waals surface area contributed by atoms with Crippen molar-refractivity contribution < 1.29 is 19.1 Å². The monoisotopic (exact) mass is 457 g/mol. The Kier molecular flexibility index (Phi) is 5.67. The second-order valence-corrected chi connectivity index (χ2v) is 10.6. The van der Waals surface area contributed by atoms with Crippen LogP contribution < -0.4 is 10.5 Å². The molecule has 2 fully saturated rings. The SMILES string of the molecule is Nc1ncnc2c1c(-c1cccc(OCCP(=O)(O)O)c1)cn2C1CC(CN2CCC2)C1. The van der Waals surface area contributed by atoms with Crippen LogP contribution in [0.15, 0.2) is 36.8 Å². The molecule has 0 atom stereocenters. The van der Waals surface area contributed by atoms with Crippen LogP contribution in [0.2, 0.25) is 0 Å². The van der Waals surface area contributed by atoms with E-state index in [2.05, 4.69) is 25.6 Å². The molecule has 0 bridgehead atoms. The molecule has 3 heterocycles. The molecule has 1 saturated carbocycles. The van der Waals surface area contributed by atoms with Crippen molar-refractivity contribution in [3.63, 3.8) is 0 Å². The normalized spacial score (nSPS) is 21.3. The molecule has 2 aliphatic rings. The molecule has 10 heteroatoms. The molecule has 2 aromatic heterocycles. The molecule has 0 radical (unpaired) electrons. The van der Waals surface area contributed by atoms with E-state index in [1.54, 1.807) is 6.07 Å². The first kappa shape index (κ1) is 21.4. The Bertz CT molecular complexity index is 1170. The first-order valence-corrected chi connectivity index (χ1v) is 12.8. The van der Waals surface area contributed by atoms with Crippen LogP contribution in [-0.4, -0.2) is 61.6 Å². The van der Waals surface area contributed by atoms with Gasteiger partial charge in [-0.25, -0.2) is 9.97 Å². The first-order valence-electron chi connectivity index (χ1n) is 11.0. The van der Waals surface area contributed by atoms with Gasteiger partial charge in [-0.3, -0.25) is 4.57 Å². The Morgan fingerprint density at radius 3 is 2.75 bits per heavy atom. The average Bonchev–Trinajstić information content (AvgIpc) is 3.05. The van der Waals surface area contributed by atoms with Crippen molar-refractivity contribution in [2.24, 2.45) is 5.92 Å². The van der Waals surface area contributed by atoms with Gasteiger partial charge in [-0.15, -0.1) is 0 Å². The van der Waals surface area contributed by atoms with Gasteiger partial charge >= 0.3 is 7.60 Å². The third kappa shape index (κ3) is 4.38. The van der Waals surface area contributed by atoms with Crippen LogP contribution in [-0.2, 0) is 4.57 Å². The summed E-state index contributed by atoms with van der Waals surface area (Å²) in [6, 6.07) is 7.86. The number of nitrogen functional groups attached to an aromatic ring is 1. The third-order valence-electron chi connectivity index (χ3n) is 6.50. The predicted octanol–water partition coefficient (Wildman–Crippen LogP) is 2.89. The third-order valence-corrected chi connectivity index (χ3v) is 7.27. The average molecular weight is 457 g/mol. The number of anilines is 1. The molecule has 4 N–H and O–H groups in total. The van der Waals surface area contributed by atoms with E-state index in [4.69, 9.17) is 20.3 Å². The van der Waals surface area contributed by atoms with Crippen molar-refractivity contribution in [1.82, 2.24) is 19.4 Å². The largest absolute Gasteiger partial charge is 0.493 e. The van der Waals surface area contributed by atoms with E-state index >= 15 is 0 Å². The molecule has 0 unspecified atom stereocenters. The summed E-state index contributed by atoms with van der Waals surface area (Å²) in [4.78, 5) is 29.4. The molecule has 3 aromatic rings. The van der Waals surface area contributed by atoms with Crippen molar-refractivity contribution in [3.05, 3.63) is 36.8 Å². The fourth-order valence-corrected chi connectivity index (χ4v) is 4.98. The Balaban J connectivity index is 1.40. The van der Waals surface area contributed by atoms with E-state index in [1.165, 1.54) is 32.4 Å². The number of ether oxygens (including phenoxy) is 1. The van der Waals surface area contributed by atoms with Crippen LogP contribution in [0, 0.1) is 5.92 Å². The minimum Gasteiger partial charge on any atom is -0.493 e. The Hall–Kier alpha value is -2.45. The highest BCUT2D eigenvalue weighted by Crippen LogP contribution is 2.43. The molecular formula is C22H28N5O4P. The maximum Gasteiger partial charge on any atom is 0.328 e. The van der Waals surface area contributed by atoms with Gasteiger partial charge in [0.1, 0.15) is 23.5 Å². The molecular weight excluding hydrogens is 429 g/mol. The van der Waals surface area contributed by atoms with Gasteiger partial charge in [0.25, 0.3) is 0 Å². The lowest BCUT2D eigenvalue weighted by Gasteiger charge is -2.42. The smallest absolute Gasteiger partial charge is 0.328 e. The number of likely N-dealkylation sites (tertiary alicyclic amines) is 1. The zero-order chi connectivity index (χ0) is 22.3. The van der Waals surface area contributed by atoms with Crippen molar-refractivity contribution in [1.29, 1.82) is 0 Å². The number of hydrogen-bond acceptors (Lipinski definition) is 6. The first-order chi connectivity index (χ1) is 15.4. The quantitative estimate of drug-likeness (QED) is 0.441. The highest BCUT2D eigenvalue weighted by atomic mass is 31.2. The Labute approximate surface area is 186 Å². The Morgan fingerprint density at radius 2 is 2.03 bits per heavy atom. The zero-order valence-electron chi connectivity index (χ0n) is 17.8. The van der Waals surface area contributed by atoms with E-state index in [0.717, 1.165) is 40.9 Å². The molecule has 32 heavy (non-hydrogen) atoms. The summed E-state index contributed by atoms with van der Waals surface area (Å²) in [6.07, 6.45) is 6.88.